The molecule has 6 unspecified atom stereocenters. The van der Waals surface area contributed by atoms with Crippen molar-refractivity contribution < 1.29 is 56.8 Å². The zero-order valence-electron chi connectivity index (χ0n) is 42.3. The van der Waals surface area contributed by atoms with Gasteiger partial charge in [-0.1, -0.05) is 217 Å². The van der Waals surface area contributed by atoms with Gasteiger partial charge in [0.05, 0.1) is 6.61 Å². The van der Waals surface area contributed by atoms with Crippen LogP contribution in [0.2, 0.25) is 0 Å². The number of ether oxygens (including phenoxy) is 4. The van der Waals surface area contributed by atoms with Gasteiger partial charge >= 0.3 is 11.9 Å². The van der Waals surface area contributed by atoms with E-state index in [1.54, 1.807) is 0 Å². The predicted molar refractivity (Wildman–Crippen MR) is 270 cm³/mol. The molecule has 0 spiro atoms. The molecule has 1 saturated heterocycles. The Morgan fingerprint density at radius 3 is 1.40 bits per heavy atom. The Kier molecular flexibility index (Phi) is 41.2. The molecule has 6 atom stereocenters. The highest BCUT2D eigenvalue weighted by atomic mass is 32.2. The van der Waals surface area contributed by atoms with Crippen LogP contribution in [0.3, 0.4) is 0 Å². The van der Waals surface area contributed by atoms with Crippen molar-refractivity contribution in [1.82, 2.24) is 0 Å². The monoisotopic (exact) mass is 971 g/mol. The van der Waals surface area contributed by atoms with Gasteiger partial charge in [0.15, 0.2) is 12.4 Å². The highest BCUT2D eigenvalue weighted by Crippen LogP contribution is 2.24. The fraction of sp³-hybridized carbons (Fsp3) is 0.852. The molecule has 13 heteroatoms. The van der Waals surface area contributed by atoms with Gasteiger partial charge in [0.2, 0.25) is 0 Å². The largest absolute Gasteiger partial charge is 0.462 e. The van der Waals surface area contributed by atoms with E-state index in [-0.39, 0.29) is 19.4 Å². The molecule has 12 nitrogen and oxygen atoms in total. The van der Waals surface area contributed by atoms with E-state index in [1.807, 2.05) is 0 Å². The van der Waals surface area contributed by atoms with E-state index in [0.29, 0.717) is 12.8 Å². The van der Waals surface area contributed by atoms with Gasteiger partial charge in [0.25, 0.3) is 10.1 Å². The van der Waals surface area contributed by atoms with Crippen LogP contribution in [-0.2, 0) is 38.7 Å². The highest BCUT2D eigenvalue weighted by Gasteiger charge is 2.46. The van der Waals surface area contributed by atoms with Crippen molar-refractivity contribution in [3.05, 3.63) is 36.5 Å². The molecular formula is C54H98O12S. The number of unbranched alkanes of at least 4 members (excludes halogenated alkanes) is 28. The smallest absolute Gasteiger partial charge is 0.306 e. The second kappa shape index (κ2) is 43.9. The maximum absolute atomic E-state index is 12.9. The van der Waals surface area contributed by atoms with Crippen LogP contribution in [0.25, 0.3) is 0 Å². The Hall–Kier alpha value is -2.13. The molecular weight excluding hydrogens is 873 g/mol. The molecule has 67 heavy (non-hydrogen) atoms. The van der Waals surface area contributed by atoms with Gasteiger partial charge in [-0.3, -0.25) is 14.1 Å². The van der Waals surface area contributed by atoms with Gasteiger partial charge in [-0.2, -0.15) is 8.42 Å². The third-order valence-corrected chi connectivity index (χ3v) is 13.2. The Labute approximate surface area is 408 Å². The number of carbonyl (C=O) groups excluding carboxylic acids is 2. The topological polar surface area (TPSA) is 186 Å². The number of hydrogen-bond donors (Lipinski definition) is 4. The number of allylic oxidation sites excluding steroid dienone is 6. The van der Waals surface area contributed by atoms with E-state index in [2.05, 4.69) is 50.3 Å². The Bertz CT molecular complexity index is 1370. The minimum atomic E-state index is -4.61. The highest BCUT2D eigenvalue weighted by molar-refractivity contribution is 7.85. The lowest BCUT2D eigenvalue weighted by Gasteiger charge is -2.40. The molecule has 392 valence electrons. The van der Waals surface area contributed by atoms with Crippen LogP contribution in [0.1, 0.15) is 239 Å². The molecule has 0 aromatic heterocycles. The van der Waals surface area contributed by atoms with Crippen molar-refractivity contribution in [3.8, 4) is 0 Å². The van der Waals surface area contributed by atoms with Crippen LogP contribution in [-0.4, -0.2) is 96.0 Å². The van der Waals surface area contributed by atoms with Gasteiger partial charge in [0, 0.05) is 12.8 Å². The van der Waals surface area contributed by atoms with Gasteiger partial charge < -0.3 is 34.3 Å². The SMILES string of the molecule is CC/C=C\C/C=C\C/C=C\CCCCCCCCCC(=O)OC(COC(=O)CCCCCCCCCCCCCCCCCCCCCCCC)COC1OC(CS(=O)(=O)O)C(O)C(O)C1O. The Morgan fingerprint density at radius 2 is 0.940 bits per heavy atom. The maximum atomic E-state index is 12.9. The van der Waals surface area contributed by atoms with Crippen LogP contribution < -0.4 is 0 Å². The summed E-state index contributed by atoms with van der Waals surface area (Å²) in [4.78, 5) is 25.6. The predicted octanol–water partition coefficient (Wildman–Crippen LogP) is 12.5. The van der Waals surface area contributed by atoms with Crippen LogP contribution in [0, 0.1) is 0 Å². The van der Waals surface area contributed by atoms with Crippen molar-refractivity contribution in [1.29, 1.82) is 0 Å². The first-order chi connectivity index (χ1) is 32.5. The molecule has 0 bridgehead atoms. The van der Waals surface area contributed by atoms with E-state index >= 15 is 0 Å². The summed E-state index contributed by atoms with van der Waals surface area (Å²) in [5.74, 6) is -1.98. The molecule has 0 aliphatic carbocycles. The summed E-state index contributed by atoms with van der Waals surface area (Å²) in [5.41, 5.74) is 0. The lowest BCUT2D eigenvalue weighted by atomic mass is 10.00. The van der Waals surface area contributed by atoms with Crippen LogP contribution in [0.15, 0.2) is 36.5 Å². The molecule has 4 N–H and O–H groups in total. The summed E-state index contributed by atoms with van der Waals surface area (Å²) in [7, 11) is -4.61. The molecule has 0 amide bonds. The van der Waals surface area contributed by atoms with E-state index < -0.39 is 71.2 Å². The summed E-state index contributed by atoms with van der Waals surface area (Å²) < 4.78 is 54.3. The van der Waals surface area contributed by atoms with Gasteiger partial charge in [-0.05, 0) is 44.9 Å². The molecule has 1 aliphatic rings. The number of aliphatic hydroxyl groups is 3. The molecule has 0 aromatic rings. The van der Waals surface area contributed by atoms with Gasteiger partial charge in [0.1, 0.15) is 36.8 Å². The summed E-state index contributed by atoms with van der Waals surface area (Å²) in [5, 5.41) is 31.0. The second-order valence-corrected chi connectivity index (χ2v) is 20.4. The van der Waals surface area contributed by atoms with E-state index in [1.165, 1.54) is 116 Å². The average molecular weight is 971 g/mol. The molecule has 0 aromatic carbocycles. The van der Waals surface area contributed by atoms with Crippen molar-refractivity contribution in [2.75, 3.05) is 19.0 Å². The summed E-state index contributed by atoms with van der Waals surface area (Å²) in [6, 6.07) is 0. The molecule has 0 radical (unpaired) electrons. The minimum Gasteiger partial charge on any atom is -0.462 e. The number of hydrogen-bond acceptors (Lipinski definition) is 11. The first-order valence-electron chi connectivity index (χ1n) is 27.0. The first-order valence-corrected chi connectivity index (χ1v) is 28.7. The third-order valence-electron chi connectivity index (χ3n) is 12.5. The van der Waals surface area contributed by atoms with E-state index in [9.17, 15) is 37.9 Å². The molecule has 1 fully saturated rings. The number of rotatable bonds is 46. The quantitative estimate of drug-likeness (QED) is 0.0196. The molecule has 1 heterocycles. The fourth-order valence-corrected chi connectivity index (χ4v) is 9.03. The minimum absolute atomic E-state index is 0.155. The average Bonchev–Trinajstić information content (AvgIpc) is 3.30. The molecule has 1 rings (SSSR count). The van der Waals surface area contributed by atoms with E-state index in [0.717, 1.165) is 83.5 Å². The lowest BCUT2D eigenvalue weighted by molar-refractivity contribution is -0.297. The third kappa shape index (κ3) is 38.3. The number of esters is 2. The lowest BCUT2D eigenvalue weighted by Crippen LogP contribution is -2.60. The Balaban J connectivity index is 2.33. The zero-order chi connectivity index (χ0) is 49.1. The van der Waals surface area contributed by atoms with Crippen molar-refractivity contribution in [3.63, 3.8) is 0 Å². The van der Waals surface area contributed by atoms with Gasteiger partial charge in [-0.25, -0.2) is 0 Å². The molecule has 1 aliphatic heterocycles. The molecule has 0 saturated carbocycles. The van der Waals surface area contributed by atoms with Crippen molar-refractivity contribution >= 4 is 22.1 Å². The van der Waals surface area contributed by atoms with Crippen molar-refractivity contribution in [2.45, 2.75) is 275 Å². The van der Waals surface area contributed by atoms with Crippen LogP contribution in [0.4, 0.5) is 0 Å². The Morgan fingerprint density at radius 1 is 0.522 bits per heavy atom. The van der Waals surface area contributed by atoms with Gasteiger partial charge in [-0.15, -0.1) is 0 Å². The van der Waals surface area contributed by atoms with Crippen molar-refractivity contribution in [2.24, 2.45) is 0 Å². The standard InChI is InChI=1S/C54H98O12S/c1-3-5-7-9-11-13-15-17-19-21-22-23-24-25-27-28-30-32-34-36-38-40-42-49(55)63-44-47(45-64-54-53(59)52(58)51(57)48(66-54)46-67(60,61)62)65-50(56)43-41-39-37-35-33-31-29-26-20-18-16-14-12-10-8-6-4-2/h6,8,12,14,18,20,47-48,51-54,57-59H,3-5,7,9-11,13,15-17,19,21-46H2,1-2H3,(H,60,61,62)/b8-6-,14-12-,20-18-. The second-order valence-electron chi connectivity index (χ2n) is 18.9. The summed E-state index contributed by atoms with van der Waals surface area (Å²) >= 11 is 0. The number of carbonyl (C=O) groups is 2. The van der Waals surface area contributed by atoms with Crippen LogP contribution in [0.5, 0.6) is 0 Å². The fourth-order valence-electron chi connectivity index (χ4n) is 8.34. The normalized spacial score (nSPS) is 19.5. The van der Waals surface area contributed by atoms with E-state index in [4.69, 9.17) is 18.9 Å². The summed E-state index contributed by atoms with van der Waals surface area (Å²) in [6.07, 6.45) is 43.3. The maximum Gasteiger partial charge on any atom is 0.306 e. The first kappa shape index (κ1) is 62.9. The van der Waals surface area contributed by atoms with Crippen LogP contribution >= 0.6 is 0 Å². The zero-order valence-corrected chi connectivity index (χ0v) is 43.1. The summed E-state index contributed by atoms with van der Waals surface area (Å²) in [6.45, 7) is 3.68. The number of aliphatic hydroxyl groups excluding tert-OH is 3.